The summed E-state index contributed by atoms with van der Waals surface area (Å²) in [6.45, 7) is 0.316. The zero-order valence-electron chi connectivity index (χ0n) is 16.6. The molecule has 0 saturated carbocycles. The lowest BCUT2D eigenvalue weighted by Gasteiger charge is -2.11. The van der Waals surface area contributed by atoms with Crippen LogP contribution in [-0.2, 0) is 10.0 Å². The van der Waals surface area contributed by atoms with Crippen LogP contribution in [0.3, 0.4) is 0 Å². The number of para-hydroxylation sites is 1. The lowest BCUT2D eigenvalue weighted by atomic mass is 10.2. The predicted octanol–water partition coefficient (Wildman–Crippen LogP) is 2.30. The number of amides is 1. The molecule has 1 amide bonds. The minimum Gasteiger partial charge on any atom is -0.479 e. The number of carbonyl (C=O) groups excluding carboxylic acids is 1. The van der Waals surface area contributed by atoms with Gasteiger partial charge in [0.05, 0.1) is 11.4 Å². The maximum absolute atomic E-state index is 12.2. The van der Waals surface area contributed by atoms with Crippen LogP contribution in [-0.4, -0.2) is 50.9 Å². The average Bonchev–Trinajstić information content (AvgIpc) is 2.76. The Bertz CT molecular complexity index is 1210. The van der Waals surface area contributed by atoms with E-state index in [-0.39, 0.29) is 24.0 Å². The number of nitrogens with zero attached hydrogens (tertiary/aromatic N) is 2. The van der Waals surface area contributed by atoms with Crippen molar-refractivity contribution in [3.63, 3.8) is 0 Å². The van der Waals surface area contributed by atoms with Crippen LogP contribution in [0.5, 0.6) is 5.75 Å². The monoisotopic (exact) mass is 423 g/mol. The number of benzene rings is 2. The van der Waals surface area contributed by atoms with Gasteiger partial charge in [0.1, 0.15) is 17.9 Å². The van der Waals surface area contributed by atoms with Gasteiger partial charge in [-0.25, -0.2) is 12.7 Å². The molecule has 1 N–H and O–H groups in total. The number of fused-ring (bicyclic) bond motifs is 1. The first-order valence-electron chi connectivity index (χ1n) is 9.12. The highest BCUT2D eigenvalue weighted by atomic mass is 32.2. The summed E-state index contributed by atoms with van der Waals surface area (Å²) in [4.78, 5) is 16.6. The number of aromatic nitrogens is 1. The van der Waals surface area contributed by atoms with Crippen LogP contribution < -0.4 is 10.1 Å². The van der Waals surface area contributed by atoms with Crippen LogP contribution in [0.25, 0.3) is 10.9 Å². The van der Waals surface area contributed by atoms with Gasteiger partial charge < -0.3 is 10.1 Å². The van der Waals surface area contributed by atoms with Gasteiger partial charge in [-0.05, 0) is 36.4 Å². The maximum Gasteiger partial charge on any atom is 0.252 e. The molecule has 7 nitrogen and oxygen atoms in total. The number of pyridine rings is 1. The number of hydrogen-bond acceptors (Lipinski definition) is 5. The Morgan fingerprint density at radius 1 is 1.07 bits per heavy atom. The van der Waals surface area contributed by atoms with Gasteiger partial charge in [0.15, 0.2) is 0 Å². The van der Waals surface area contributed by atoms with Gasteiger partial charge in [0, 0.05) is 31.2 Å². The third kappa shape index (κ3) is 4.95. The van der Waals surface area contributed by atoms with Gasteiger partial charge in [-0.1, -0.05) is 30.0 Å². The van der Waals surface area contributed by atoms with E-state index in [1.165, 1.54) is 38.4 Å². The predicted molar refractivity (Wildman–Crippen MR) is 115 cm³/mol. The van der Waals surface area contributed by atoms with Gasteiger partial charge in [-0.3, -0.25) is 9.78 Å². The molecule has 1 aromatic heterocycles. The van der Waals surface area contributed by atoms with Crippen molar-refractivity contribution >= 4 is 26.8 Å². The fraction of sp³-hybridized carbons (Fsp3) is 0.182. The summed E-state index contributed by atoms with van der Waals surface area (Å²) in [5, 5.41) is 3.65. The van der Waals surface area contributed by atoms with Crippen LogP contribution in [0.15, 0.2) is 65.7 Å². The zero-order chi connectivity index (χ0) is 21.6. The molecule has 0 aliphatic rings. The molecule has 0 saturated heterocycles. The minimum atomic E-state index is -3.52. The summed E-state index contributed by atoms with van der Waals surface area (Å²) in [6.07, 6.45) is 1.71. The highest BCUT2D eigenvalue weighted by Gasteiger charge is 2.17. The van der Waals surface area contributed by atoms with Crippen LogP contribution in [0.2, 0.25) is 0 Å². The second-order valence-corrected chi connectivity index (χ2v) is 8.62. The molecule has 0 fully saturated rings. The van der Waals surface area contributed by atoms with Crippen LogP contribution in [0.4, 0.5) is 0 Å². The molecule has 0 bridgehead atoms. The SMILES string of the molecule is CN(C)S(=O)(=O)c1ccc(C(=O)NCC#CCOc2cccc3cccnc23)cc1. The van der Waals surface area contributed by atoms with E-state index in [4.69, 9.17) is 4.74 Å². The van der Waals surface area contributed by atoms with Crippen molar-refractivity contribution in [2.45, 2.75) is 4.90 Å². The summed E-state index contributed by atoms with van der Waals surface area (Å²) in [6, 6.07) is 15.2. The first kappa shape index (κ1) is 21.3. The maximum atomic E-state index is 12.2. The standard InChI is InChI=1S/C22H21N3O4S/c1-25(2)30(27,28)19-12-10-18(11-13-19)22(26)24-14-3-4-16-29-20-9-5-7-17-8-6-15-23-21(17)20/h5-13,15H,14,16H2,1-2H3,(H,24,26). The number of sulfonamides is 1. The number of hydrogen-bond donors (Lipinski definition) is 1. The lowest BCUT2D eigenvalue weighted by Crippen LogP contribution is -2.24. The summed E-state index contributed by atoms with van der Waals surface area (Å²) in [5.74, 6) is 5.99. The topological polar surface area (TPSA) is 88.6 Å². The molecule has 0 radical (unpaired) electrons. The summed E-state index contributed by atoms with van der Waals surface area (Å²) < 4.78 is 30.9. The molecule has 0 aliphatic heterocycles. The van der Waals surface area contributed by atoms with E-state index in [0.717, 1.165) is 15.2 Å². The van der Waals surface area contributed by atoms with E-state index >= 15 is 0 Å². The Morgan fingerprint density at radius 3 is 2.53 bits per heavy atom. The van der Waals surface area contributed by atoms with Crippen molar-refractivity contribution in [1.29, 1.82) is 0 Å². The molecule has 1 heterocycles. The van der Waals surface area contributed by atoms with Crippen molar-refractivity contribution in [2.24, 2.45) is 0 Å². The van der Waals surface area contributed by atoms with Crippen LogP contribution in [0.1, 0.15) is 10.4 Å². The molecule has 154 valence electrons. The lowest BCUT2D eigenvalue weighted by molar-refractivity contribution is 0.0958. The van der Waals surface area contributed by atoms with Gasteiger partial charge in [0.25, 0.3) is 5.91 Å². The van der Waals surface area contributed by atoms with E-state index in [1.807, 2.05) is 30.3 Å². The second-order valence-electron chi connectivity index (χ2n) is 6.47. The minimum absolute atomic E-state index is 0.129. The van der Waals surface area contributed by atoms with E-state index < -0.39 is 10.0 Å². The molecule has 0 atom stereocenters. The average molecular weight is 423 g/mol. The van der Waals surface area contributed by atoms with E-state index in [1.54, 1.807) is 6.20 Å². The molecule has 30 heavy (non-hydrogen) atoms. The van der Waals surface area contributed by atoms with Gasteiger partial charge in [-0.15, -0.1) is 0 Å². The fourth-order valence-corrected chi connectivity index (χ4v) is 3.54. The Labute approximate surface area is 175 Å². The molecule has 0 unspecified atom stereocenters. The molecule has 3 rings (SSSR count). The third-order valence-corrected chi connectivity index (χ3v) is 6.08. The van der Waals surface area contributed by atoms with Crippen molar-refractivity contribution in [3.05, 3.63) is 66.4 Å². The second kappa shape index (κ2) is 9.39. The van der Waals surface area contributed by atoms with E-state index in [0.29, 0.717) is 11.3 Å². The van der Waals surface area contributed by atoms with Gasteiger partial charge >= 0.3 is 0 Å². The zero-order valence-corrected chi connectivity index (χ0v) is 17.4. The first-order chi connectivity index (χ1) is 14.4. The van der Waals surface area contributed by atoms with Gasteiger partial charge in [-0.2, -0.15) is 0 Å². The van der Waals surface area contributed by atoms with Crippen molar-refractivity contribution in [3.8, 4) is 17.6 Å². The number of rotatable bonds is 6. The van der Waals surface area contributed by atoms with Crippen LogP contribution in [0, 0.1) is 11.8 Å². The highest BCUT2D eigenvalue weighted by Crippen LogP contribution is 2.22. The molecule has 2 aromatic carbocycles. The smallest absolute Gasteiger partial charge is 0.252 e. The summed E-state index contributed by atoms with van der Waals surface area (Å²) in [5.41, 5.74) is 1.13. The first-order valence-corrected chi connectivity index (χ1v) is 10.6. The van der Waals surface area contributed by atoms with Crippen molar-refractivity contribution in [2.75, 3.05) is 27.2 Å². The third-order valence-electron chi connectivity index (χ3n) is 4.25. The van der Waals surface area contributed by atoms with E-state index in [9.17, 15) is 13.2 Å². The number of carbonyl (C=O) groups is 1. The van der Waals surface area contributed by atoms with E-state index in [2.05, 4.69) is 22.1 Å². The highest BCUT2D eigenvalue weighted by molar-refractivity contribution is 7.89. The number of ether oxygens (including phenoxy) is 1. The quantitative estimate of drug-likeness (QED) is 0.615. The normalized spacial score (nSPS) is 11.0. The molecular weight excluding hydrogens is 402 g/mol. The Kier molecular flexibility index (Phi) is 6.67. The molecular formula is C22H21N3O4S. The Hall–Kier alpha value is -3.41. The van der Waals surface area contributed by atoms with Crippen molar-refractivity contribution in [1.82, 2.24) is 14.6 Å². The largest absolute Gasteiger partial charge is 0.479 e. The molecule has 3 aromatic rings. The number of nitrogens with one attached hydrogen (secondary N) is 1. The summed E-state index contributed by atoms with van der Waals surface area (Å²) >= 11 is 0. The van der Waals surface area contributed by atoms with Gasteiger partial charge in [0.2, 0.25) is 10.0 Å². The fourth-order valence-electron chi connectivity index (χ4n) is 2.64. The van der Waals surface area contributed by atoms with Crippen LogP contribution >= 0.6 is 0 Å². The Morgan fingerprint density at radius 2 is 1.80 bits per heavy atom. The molecule has 0 spiro atoms. The van der Waals surface area contributed by atoms with Crippen molar-refractivity contribution < 1.29 is 17.9 Å². The molecule has 0 aliphatic carbocycles. The Balaban J connectivity index is 1.51. The molecule has 8 heteroatoms. The summed E-state index contributed by atoms with van der Waals surface area (Å²) in [7, 11) is -0.615.